The lowest BCUT2D eigenvalue weighted by Crippen LogP contribution is -2.54. The van der Waals surface area contributed by atoms with Gasteiger partial charge in [-0.1, -0.05) is 0 Å². The van der Waals surface area contributed by atoms with E-state index in [0.29, 0.717) is 19.0 Å². The molecule has 2 unspecified atom stereocenters. The van der Waals surface area contributed by atoms with Crippen molar-refractivity contribution in [3.8, 4) is 0 Å². The minimum Gasteiger partial charge on any atom is -0.444 e. The standard InChI is InChI=1S/C18H37N5O5S/c1-9-29(25,26)22-11-10-20-15(19-8)21-12-14-13(2)27-18(6,7)23(14)16(24)28-17(3,4)5/h13-14,22H,9-12H2,1-8H3,(H2,19,20,21). The fourth-order valence-electron chi connectivity index (χ4n) is 3.03. The van der Waals surface area contributed by atoms with Gasteiger partial charge >= 0.3 is 6.09 Å². The summed E-state index contributed by atoms with van der Waals surface area (Å²) in [7, 11) is -1.61. The molecular formula is C18H37N5O5S. The van der Waals surface area contributed by atoms with Crippen LogP contribution in [0.3, 0.4) is 0 Å². The molecule has 1 aliphatic heterocycles. The SMILES string of the molecule is CCS(=O)(=O)NCCNC(=NC)NCC1C(C)OC(C)(C)N1C(=O)OC(C)(C)C. The topological polar surface area (TPSA) is 121 Å². The maximum Gasteiger partial charge on any atom is 0.412 e. The van der Waals surface area contributed by atoms with Gasteiger partial charge in [-0.25, -0.2) is 17.9 Å². The van der Waals surface area contributed by atoms with Gasteiger partial charge in [-0.3, -0.25) is 9.89 Å². The summed E-state index contributed by atoms with van der Waals surface area (Å²) < 4.78 is 36.9. The van der Waals surface area contributed by atoms with Crippen LogP contribution in [0, 0.1) is 0 Å². The molecule has 0 bridgehead atoms. The van der Waals surface area contributed by atoms with Crippen molar-refractivity contribution in [2.45, 2.75) is 71.9 Å². The lowest BCUT2D eigenvalue weighted by atomic mass is 10.1. The Bertz CT molecular complexity index is 687. The molecule has 1 aliphatic rings. The first-order chi connectivity index (χ1) is 13.2. The Hall–Kier alpha value is -1.59. The van der Waals surface area contributed by atoms with E-state index in [4.69, 9.17) is 9.47 Å². The lowest BCUT2D eigenvalue weighted by Gasteiger charge is -2.35. The number of carbonyl (C=O) groups excluding carboxylic acids is 1. The minimum absolute atomic E-state index is 0.0375. The van der Waals surface area contributed by atoms with E-state index in [1.807, 2.05) is 41.5 Å². The number of amides is 1. The van der Waals surface area contributed by atoms with Gasteiger partial charge in [0.15, 0.2) is 5.96 Å². The smallest absolute Gasteiger partial charge is 0.412 e. The van der Waals surface area contributed by atoms with Crippen LogP contribution < -0.4 is 15.4 Å². The van der Waals surface area contributed by atoms with Crippen molar-refractivity contribution in [1.29, 1.82) is 0 Å². The van der Waals surface area contributed by atoms with E-state index in [9.17, 15) is 13.2 Å². The van der Waals surface area contributed by atoms with E-state index >= 15 is 0 Å². The van der Waals surface area contributed by atoms with Crippen molar-refractivity contribution in [2.75, 3.05) is 32.4 Å². The maximum atomic E-state index is 12.8. The molecule has 0 spiro atoms. The molecule has 0 aliphatic carbocycles. The number of hydrogen-bond donors (Lipinski definition) is 3. The zero-order chi connectivity index (χ0) is 22.5. The van der Waals surface area contributed by atoms with E-state index in [1.165, 1.54) is 0 Å². The molecule has 2 atom stereocenters. The molecule has 0 aromatic heterocycles. The second kappa shape index (κ2) is 9.94. The second-order valence-electron chi connectivity index (χ2n) is 8.37. The minimum atomic E-state index is -3.23. The number of hydrogen-bond acceptors (Lipinski definition) is 6. The van der Waals surface area contributed by atoms with Crippen LogP contribution in [0.2, 0.25) is 0 Å². The largest absolute Gasteiger partial charge is 0.444 e. The highest BCUT2D eigenvalue weighted by Crippen LogP contribution is 2.33. The number of aliphatic imine (C=N–C) groups is 1. The molecule has 3 N–H and O–H groups in total. The average Bonchev–Trinajstić information content (AvgIpc) is 2.80. The Kier molecular flexibility index (Phi) is 8.73. The number of carbonyl (C=O) groups is 1. The van der Waals surface area contributed by atoms with E-state index in [1.54, 1.807) is 18.9 Å². The predicted octanol–water partition coefficient (Wildman–Crippen LogP) is 0.851. The van der Waals surface area contributed by atoms with Crippen molar-refractivity contribution >= 4 is 22.1 Å². The number of sulfonamides is 1. The summed E-state index contributed by atoms with van der Waals surface area (Å²) in [6.45, 7) is 13.6. The zero-order valence-corrected chi connectivity index (χ0v) is 19.6. The Balaban J connectivity index is 2.69. The van der Waals surface area contributed by atoms with Crippen LogP contribution in [0.4, 0.5) is 4.79 Å². The molecule has 0 saturated carbocycles. The van der Waals surface area contributed by atoms with E-state index in [0.717, 1.165) is 0 Å². The third-order valence-electron chi connectivity index (χ3n) is 4.34. The molecule has 29 heavy (non-hydrogen) atoms. The van der Waals surface area contributed by atoms with Crippen LogP contribution in [-0.4, -0.2) is 81.3 Å². The predicted molar refractivity (Wildman–Crippen MR) is 113 cm³/mol. The zero-order valence-electron chi connectivity index (χ0n) is 18.8. The van der Waals surface area contributed by atoms with Crippen LogP contribution in [-0.2, 0) is 19.5 Å². The first-order valence-corrected chi connectivity index (χ1v) is 11.5. The maximum absolute atomic E-state index is 12.8. The second-order valence-corrected chi connectivity index (χ2v) is 10.5. The highest BCUT2D eigenvalue weighted by atomic mass is 32.2. The Morgan fingerprint density at radius 3 is 2.38 bits per heavy atom. The summed E-state index contributed by atoms with van der Waals surface area (Å²) in [6, 6.07) is -0.267. The van der Waals surface area contributed by atoms with Crippen molar-refractivity contribution < 1.29 is 22.7 Å². The first-order valence-electron chi connectivity index (χ1n) is 9.84. The summed E-state index contributed by atoms with van der Waals surface area (Å²) in [5.41, 5.74) is -1.41. The van der Waals surface area contributed by atoms with Gasteiger partial charge in [-0.05, 0) is 48.5 Å². The number of ether oxygens (including phenoxy) is 2. The molecule has 1 fully saturated rings. The van der Waals surface area contributed by atoms with Gasteiger partial charge in [0.2, 0.25) is 10.0 Å². The molecule has 0 radical (unpaired) electrons. The van der Waals surface area contributed by atoms with Gasteiger partial charge in [-0.2, -0.15) is 0 Å². The highest BCUT2D eigenvalue weighted by molar-refractivity contribution is 7.89. The lowest BCUT2D eigenvalue weighted by molar-refractivity contribution is -0.0755. The Morgan fingerprint density at radius 2 is 1.86 bits per heavy atom. The molecule has 1 heterocycles. The van der Waals surface area contributed by atoms with E-state index in [-0.39, 0.29) is 24.4 Å². The van der Waals surface area contributed by atoms with Crippen LogP contribution in [0.1, 0.15) is 48.5 Å². The molecule has 1 rings (SSSR count). The monoisotopic (exact) mass is 435 g/mol. The highest BCUT2D eigenvalue weighted by Gasteiger charge is 2.49. The quantitative estimate of drug-likeness (QED) is 0.308. The molecule has 1 saturated heterocycles. The Morgan fingerprint density at radius 1 is 1.24 bits per heavy atom. The third-order valence-corrected chi connectivity index (χ3v) is 5.74. The van der Waals surface area contributed by atoms with Gasteiger partial charge < -0.3 is 20.1 Å². The summed E-state index contributed by atoms with van der Waals surface area (Å²) >= 11 is 0. The molecule has 1 amide bonds. The fraction of sp³-hybridized carbons (Fsp3) is 0.889. The van der Waals surface area contributed by atoms with E-state index < -0.39 is 27.4 Å². The summed E-state index contributed by atoms with van der Waals surface area (Å²) in [6.07, 6.45) is -0.643. The average molecular weight is 436 g/mol. The molecule has 0 aromatic carbocycles. The van der Waals surface area contributed by atoms with Gasteiger partial charge in [-0.15, -0.1) is 0 Å². The van der Waals surface area contributed by atoms with Crippen LogP contribution in [0.15, 0.2) is 4.99 Å². The number of nitrogens with one attached hydrogen (secondary N) is 3. The first kappa shape index (κ1) is 25.4. The Labute approximate surface area is 174 Å². The summed E-state index contributed by atoms with van der Waals surface area (Å²) in [4.78, 5) is 18.5. The molecule has 11 heteroatoms. The van der Waals surface area contributed by atoms with Gasteiger partial charge in [0.1, 0.15) is 11.3 Å². The van der Waals surface area contributed by atoms with Crippen LogP contribution in [0.5, 0.6) is 0 Å². The van der Waals surface area contributed by atoms with Crippen LogP contribution in [0.25, 0.3) is 0 Å². The molecule has 10 nitrogen and oxygen atoms in total. The number of rotatable bonds is 7. The van der Waals surface area contributed by atoms with Crippen molar-refractivity contribution in [2.24, 2.45) is 4.99 Å². The van der Waals surface area contributed by atoms with Gasteiger partial charge in [0, 0.05) is 26.7 Å². The number of guanidine groups is 1. The van der Waals surface area contributed by atoms with Gasteiger partial charge in [0.25, 0.3) is 0 Å². The number of nitrogens with zero attached hydrogens (tertiary/aromatic N) is 2. The van der Waals surface area contributed by atoms with Crippen molar-refractivity contribution in [1.82, 2.24) is 20.3 Å². The summed E-state index contributed by atoms with van der Waals surface area (Å²) in [5, 5.41) is 6.22. The fourth-order valence-corrected chi connectivity index (χ4v) is 3.65. The van der Waals surface area contributed by atoms with Crippen molar-refractivity contribution in [3.63, 3.8) is 0 Å². The van der Waals surface area contributed by atoms with Crippen molar-refractivity contribution in [3.05, 3.63) is 0 Å². The third kappa shape index (κ3) is 7.98. The molecule has 170 valence electrons. The van der Waals surface area contributed by atoms with Gasteiger partial charge in [0.05, 0.1) is 17.9 Å². The molecular weight excluding hydrogens is 398 g/mol. The molecule has 0 aromatic rings. The van der Waals surface area contributed by atoms with E-state index in [2.05, 4.69) is 20.3 Å². The van der Waals surface area contributed by atoms with Crippen LogP contribution >= 0.6 is 0 Å². The summed E-state index contributed by atoms with van der Waals surface area (Å²) in [5.74, 6) is 0.539. The normalized spacial score (nSPS) is 22.5.